The molecular formula is C24H24ClN3O5S. The van der Waals surface area contributed by atoms with E-state index in [0.717, 1.165) is 30.1 Å². The van der Waals surface area contributed by atoms with E-state index in [4.69, 9.17) is 20.8 Å². The molecular weight excluding hydrogens is 478 g/mol. The Labute approximate surface area is 203 Å². The van der Waals surface area contributed by atoms with Crippen LogP contribution in [0.4, 0.5) is 5.69 Å². The van der Waals surface area contributed by atoms with Gasteiger partial charge in [0.15, 0.2) is 11.4 Å². The number of oxazole rings is 1. The van der Waals surface area contributed by atoms with Gasteiger partial charge in [0.05, 0.1) is 17.2 Å². The lowest BCUT2D eigenvalue weighted by atomic mass is 9.77. The molecule has 0 saturated heterocycles. The monoisotopic (exact) mass is 501 g/mol. The Morgan fingerprint density at radius 3 is 2.47 bits per heavy atom. The van der Waals surface area contributed by atoms with Crippen LogP contribution in [0.5, 0.6) is 5.75 Å². The van der Waals surface area contributed by atoms with Crippen molar-refractivity contribution in [3.8, 4) is 11.8 Å². The maximum Gasteiger partial charge on any atom is 0.315 e. The van der Waals surface area contributed by atoms with Gasteiger partial charge < -0.3 is 14.5 Å². The Kier molecular flexibility index (Phi) is 7.34. The summed E-state index contributed by atoms with van der Waals surface area (Å²) in [6, 6.07) is 12.9. The number of carbonyl (C=O) groups is 1. The van der Waals surface area contributed by atoms with Crippen LogP contribution >= 0.6 is 11.6 Å². The second-order valence-corrected chi connectivity index (χ2v) is 10.5. The van der Waals surface area contributed by atoms with Crippen LogP contribution in [0, 0.1) is 11.3 Å². The number of benzene rings is 2. The third-order valence-electron chi connectivity index (χ3n) is 5.23. The number of nitriles is 1. The molecule has 3 aromatic rings. The number of anilines is 1. The lowest BCUT2D eigenvalue weighted by Crippen LogP contribution is -2.20. The van der Waals surface area contributed by atoms with Crippen molar-refractivity contribution in [3.63, 3.8) is 0 Å². The van der Waals surface area contributed by atoms with Crippen LogP contribution in [-0.4, -0.2) is 32.2 Å². The highest BCUT2D eigenvalue weighted by Crippen LogP contribution is 2.38. The van der Waals surface area contributed by atoms with Crippen molar-refractivity contribution in [1.82, 2.24) is 4.98 Å². The molecule has 0 fully saturated rings. The molecule has 0 spiro atoms. The zero-order chi connectivity index (χ0) is 25.1. The number of aromatic nitrogens is 1. The smallest absolute Gasteiger partial charge is 0.315 e. The second-order valence-electron chi connectivity index (χ2n) is 8.22. The van der Waals surface area contributed by atoms with Gasteiger partial charge in [0.25, 0.3) is 5.91 Å². The highest BCUT2D eigenvalue weighted by molar-refractivity contribution is 7.90. The quantitative estimate of drug-likeness (QED) is 0.462. The van der Waals surface area contributed by atoms with Crippen LogP contribution in [0.15, 0.2) is 52.3 Å². The molecule has 178 valence electrons. The van der Waals surface area contributed by atoms with Crippen LogP contribution in [0.1, 0.15) is 54.4 Å². The van der Waals surface area contributed by atoms with Gasteiger partial charge in [0.1, 0.15) is 12.3 Å². The molecule has 1 heterocycles. The Morgan fingerprint density at radius 2 is 1.91 bits per heavy atom. The molecule has 34 heavy (non-hydrogen) atoms. The van der Waals surface area contributed by atoms with Crippen molar-refractivity contribution in [2.75, 3.05) is 18.2 Å². The maximum absolute atomic E-state index is 12.4. The van der Waals surface area contributed by atoms with Crippen molar-refractivity contribution in [2.45, 2.75) is 37.8 Å². The van der Waals surface area contributed by atoms with E-state index in [1.165, 1.54) is 0 Å². The van der Waals surface area contributed by atoms with Gasteiger partial charge in [-0.05, 0) is 41.8 Å². The van der Waals surface area contributed by atoms with Crippen molar-refractivity contribution < 1.29 is 22.4 Å². The molecule has 1 amide bonds. The largest absolute Gasteiger partial charge is 0.491 e. The lowest BCUT2D eigenvalue weighted by Gasteiger charge is -2.27. The van der Waals surface area contributed by atoms with Gasteiger partial charge in [-0.3, -0.25) is 4.79 Å². The van der Waals surface area contributed by atoms with Gasteiger partial charge in [0, 0.05) is 17.4 Å². The number of carbonyl (C=O) groups excluding carboxylic acids is 1. The molecule has 0 unspecified atom stereocenters. The van der Waals surface area contributed by atoms with Crippen molar-refractivity contribution in [1.29, 1.82) is 5.26 Å². The summed E-state index contributed by atoms with van der Waals surface area (Å²) in [5.41, 5.74) is 1.98. The third-order valence-corrected chi connectivity index (χ3v) is 6.34. The Balaban J connectivity index is 1.82. The first-order valence-electron chi connectivity index (χ1n) is 10.4. The van der Waals surface area contributed by atoms with Crippen LogP contribution in [-0.2, 0) is 15.3 Å². The predicted molar refractivity (Wildman–Crippen MR) is 128 cm³/mol. The standard InChI is InChI=1S/C24H24ClN3O5S/c1-5-10-32-21-15(13-26)11-17(12-19(21)25)24(2,3)16-6-8-18(9-7-16)27-22(29)20-14-33-23(28-20)34(4,30)31/h6-9,11-12,14H,5,10H2,1-4H3,(H,27,29). The van der Waals surface area contributed by atoms with Crippen LogP contribution in [0.3, 0.4) is 0 Å². The number of sulfone groups is 1. The van der Waals surface area contributed by atoms with Gasteiger partial charge in [-0.15, -0.1) is 0 Å². The van der Waals surface area contributed by atoms with Crippen LogP contribution in [0.25, 0.3) is 0 Å². The van der Waals surface area contributed by atoms with Crippen LogP contribution in [0.2, 0.25) is 5.02 Å². The Morgan fingerprint density at radius 1 is 1.24 bits per heavy atom. The molecule has 1 N–H and O–H groups in total. The minimum absolute atomic E-state index is 0.145. The summed E-state index contributed by atoms with van der Waals surface area (Å²) in [7, 11) is -3.65. The first-order chi connectivity index (χ1) is 16.0. The molecule has 0 bridgehead atoms. The summed E-state index contributed by atoms with van der Waals surface area (Å²) < 4.78 is 33.5. The maximum atomic E-state index is 12.4. The van der Waals surface area contributed by atoms with E-state index in [1.807, 2.05) is 32.9 Å². The highest BCUT2D eigenvalue weighted by Gasteiger charge is 2.26. The minimum Gasteiger partial charge on any atom is -0.491 e. The van der Waals surface area contributed by atoms with E-state index in [-0.39, 0.29) is 5.69 Å². The van der Waals surface area contributed by atoms with Gasteiger partial charge in [-0.2, -0.15) is 10.2 Å². The zero-order valence-electron chi connectivity index (χ0n) is 19.2. The van der Waals surface area contributed by atoms with Crippen LogP contribution < -0.4 is 10.1 Å². The van der Waals surface area contributed by atoms with Gasteiger partial charge in [-0.1, -0.05) is 44.5 Å². The highest BCUT2D eigenvalue weighted by atomic mass is 35.5. The first kappa shape index (κ1) is 25.3. The molecule has 0 atom stereocenters. The molecule has 0 aliphatic rings. The number of ether oxygens (including phenoxy) is 1. The summed E-state index contributed by atoms with van der Waals surface area (Å²) >= 11 is 6.44. The lowest BCUT2D eigenvalue weighted by molar-refractivity contribution is 0.102. The van der Waals surface area contributed by atoms with E-state index >= 15 is 0 Å². The molecule has 3 rings (SSSR count). The summed E-state index contributed by atoms with van der Waals surface area (Å²) in [5, 5.41) is 12.1. The van der Waals surface area contributed by atoms with Gasteiger partial charge >= 0.3 is 5.22 Å². The molecule has 10 heteroatoms. The number of hydrogen-bond donors (Lipinski definition) is 1. The summed E-state index contributed by atoms with van der Waals surface area (Å²) in [5.74, 6) is -0.214. The fraction of sp³-hybridized carbons (Fsp3) is 0.292. The van der Waals surface area contributed by atoms with Gasteiger partial charge in [-0.25, -0.2) is 8.42 Å². The molecule has 1 aromatic heterocycles. The normalized spacial score (nSPS) is 11.6. The van der Waals surface area contributed by atoms with E-state index in [0.29, 0.717) is 28.6 Å². The van der Waals surface area contributed by atoms with E-state index in [9.17, 15) is 18.5 Å². The number of halogens is 1. The number of hydrogen-bond acceptors (Lipinski definition) is 7. The Hall–Kier alpha value is -3.35. The van der Waals surface area contributed by atoms with Crippen molar-refractivity contribution in [2.24, 2.45) is 0 Å². The number of nitrogens with one attached hydrogen (secondary N) is 1. The summed E-state index contributed by atoms with van der Waals surface area (Å²) in [6.45, 7) is 6.44. The topological polar surface area (TPSA) is 122 Å². The SMILES string of the molecule is CCCOc1c(Cl)cc(C(C)(C)c2ccc(NC(=O)c3coc(S(C)(=O)=O)n3)cc2)cc1C#N. The molecule has 8 nitrogen and oxygen atoms in total. The van der Waals surface area contributed by atoms with E-state index in [2.05, 4.69) is 16.4 Å². The summed E-state index contributed by atoms with van der Waals surface area (Å²) in [6.07, 6.45) is 2.74. The average Bonchev–Trinajstić information content (AvgIpc) is 3.29. The van der Waals surface area contributed by atoms with Crippen molar-refractivity contribution in [3.05, 3.63) is 70.1 Å². The molecule has 0 aliphatic heterocycles. The van der Waals surface area contributed by atoms with E-state index < -0.39 is 26.4 Å². The predicted octanol–water partition coefficient (Wildman–Crippen LogP) is 4.97. The number of nitrogens with zero attached hydrogens (tertiary/aromatic N) is 2. The average molecular weight is 502 g/mol. The fourth-order valence-corrected chi connectivity index (χ4v) is 4.01. The molecule has 0 saturated carbocycles. The number of rotatable bonds is 8. The minimum atomic E-state index is -3.65. The zero-order valence-corrected chi connectivity index (χ0v) is 20.7. The van der Waals surface area contributed by atoms with E-state index in [1.54, 1.807) is 24.3 Å². The molecule has 2 aromatic carbocycles. The fourth-order valence-electron chi connectivity index (χ4n) is 3.25. The van der Waals surface area contributed by atoms with Crippen molar-refractivity contribution >= 4 is 33.0 Å². The molecule has 0 aliphatic carbocycles. The van der Waals surface area contributed by atoms with Gasteiger partial charge in [0.2, 0.25) is 9.84 Å². The Bertz CT molecular complexity index is 1360. The third kappa shape index (κ3) is 5.41. The first-order valence-corrected chi connectivity index (χ1v) is 12.7. The summed E-state index contributed by atoms with van der Waals surface area (Å²) in [4.78, 5) is 16.1. The number of amides is 1. The second kappa shape index (κ2) is 9.87. The molecule has 0 radical (unpaired) electrons.